The molecule has 0 saturated carbocycles. The summed E-state index contributed by atoms with van der Waals surface area (Å²) >= 11 is 0. The molecular formula is C20H40O32. The Hall–Kier alpha value is -7.83. The smallest absolute Gasteiger partial charge is 0.481 e. The van der Waals surface area contributed by atoms with Crippen LogP contribution in [0.1, 0.15) is 58.3 Å². The molecule has 0 saturated heterocycles. The summed E-state index contributed by atoms with van der Waals surface area (Å²) < 4.78 is 0. The van der Waals surface area contributed by atoms with Crippen LogP contribution < -0.4 is 0 Å². The maximum atomic E-state index is 10.1. The summed E-state index contributed by atoms with van der Waals surface area (Å²) in [6.45, 7) is 2.20. The molecule has 0 aromatic carbocycles. The highest BCUT2D eigenvalue weighted by Crippen LogP contribution is 2.07. The number of hydrogen-bond donors (Lipinski definition) is 21. The van der Waals surface area contributed by atoms with Crippen LogP contribution in [0.3, 0.4) is 0 Å². The number of aliphatic carboxylic acids is 1. The molecule has 0 amide bonds. The molecule has 0 aromatic heterocycles. The molecule has 0 aliphatic carbocycles. The highest BCUT2D eigenvalue weighted by Gasteiger charge is 1.95. The maximum absolute atomic E-state index is 10.1. The van der Waals surface area contributed by atoms with E-state index in [1.165, 1.54) is 32.1 Å². The molecule has 0 rings (SSSR count). The second kappa shape index (κ2) is 69.8. The third-order valence-electron chi connectivity index (χ3n) is 1.99. The van der Waals surface area contributed by atoms with Crippen molar-refractivity contribution in [2.24, 2.45) is 0 Å². The molecule has 0 unspecified atom stereocenters. The first-order valence-electron chi connectivity index (χ1n) is 11.5. The van der Waals surface area contributed by atoms with Crippen LogP contribution >= 0.6 is 0 Å². The van der Waals surface area contributed by atoms with Crippen molar-refractivity contribution in [3.05, 3.63) is 0 Å². The van der Waals surface area contributed by atoms with Crippen LogP contribution in [0.2, 0.25) is 0 Å². The van der Waals surface area contributed by atoms with Gasteiger partial charge in [-0.3, -0.25) is 4.79 Å². The topological polar surface area (TPSA) is 613 Å². The molecule has 32 heteroatoms. The van der Waals surface area contributed by atoms with E-state index in [1.807, 2.05) is 0 Å². The SMILES string of the molecule is CCCCCCCCCC(=O)O.O=C(O)O.O=C(O)O.O=C(O)O.O=C(O)O.O=C(O)O.O=C(O)O.O=C(O)O.O=C(O)O.O=C(O)O.O=C(O)O. The van der Waals surface area contributed by atoms with E-state index in [9.17, 15) is 4.79 Å². The Kier molecular flexibility index (Phi) is 100. The molecule has 52 heavy (non-hydrogen) atoms. The molecule has 0 fully saturated rings. The largest absolute Gasteiger partial charge is 0.503 e. The lowest BCUT2D eigenvalue weighted by molar-refractivity contribution is -0.137. The molecule has 0 atom stereocenters. The third kappa shape index (κ3) is 52200. The summed E-state index contributed by atoms with van der Waals surface area (Å²) in [5.74, 6) is -0.663. The minimum atomic E-state index is -1.83. The van der Waals surface area contributed by atoms with E-state index < -0.39 is 67.5 Å². The zero-order chi connectivity index (χ0) is 45.0. The van der Waals surface area contributed by atoms with Gasteiger partial charge >= 0.3 is 67.5 Å². The standard InChI is InChI=1S/C10H20O2.10CH2O3/c1-2-3-4-5-6-7-8-9-10(11)12;10*2-1(3)4/h2-9H2,1H3,(H,11,12);10*(H2,2,3,4). The van der Waals surface area contributed by atoms with Crippen LogP contribution in [0.5, 0.6) is 0 Å². The quantitative estimate of drug-likeness (QED) is 0.136. The minimum Gasteiger partial charge on any atom is -0.481 e. The number of carboxylic acid groups (broad SMARTS) is 21. The molecule has 0 aliphatic rings. The van der Waals surface area contributed by atoms with Crippen molar-refractivity contribution in [3.63, 3.8) is 0 Å². The van der Waals surface area contributed by atoms with E-state index in [2.05, 4.69) is 6.92 Å². The molecule has 0 aliphatic heterocycles. The van der Waals surface area contributed by atoms with Gasteiger partial charge in [0.05, 0.1) is 0 Å². The van der Waals surface area contributed by atoms with Gasteiger partial charge in [-0.15, -0.1) is 0 Å². The monoisotopic (exact) mass is 792 g/mol. The lowest BCUT2D eigenvalue weighted by atomic mass is 10.1. The van der Waals surface area contributed by atoms with E-state index in [4.69, 9.17) is 155 Å². The van der Waals surface area contributed by atoms with Crippen LogP contribution in [-0.2, 0) is 4.79 Å². The van der Waals surface area contributed by atoms with Crippen molar-refractivity contribution >= 4 is 67.5 Å². The number of hydrogen-bond acceptors (Lipinski definition) is 11. The Morgan fingerprint density at radius 3 is 0.481 bits per heavy atom. The summed E-state index contributed by atoms with van der Waals surface area (Å²) in [4.78, 5) is 95.7. The van der Waals surface area contributed by atoms with Crippen molar-refractivity contribution in [1.29, 1.82) is 0 Å². The summed E-state index contributed by atoms with van der Waals surface area (Å²) in [6, 6.07) is 0. The Morgan fingerprint density at radius 1 is 0.250 bits per heavy atom. The fourth-order valence-electron chi connectivity index (χ4n) is 1.23. The maximum Gasteiger partial charge on any atom is 0.503 e. The summed E-state index contributed by atoms with van der Waals surface area (Å²) in [7, 11) is 0. The Morgan fingerprint density at radius 2 is 0.365 bits per heavy atom. The fourth-order valence-corrected chi connectivity index (χ4v) is 1.23. The van der Waals surface area contributed by atoms with Gasteiger partial charge in [-0.25, -0.2) is 47.9 Å². The second-order valence-electron chi connectivity index (χ2n) is 6.09. The Balaban J connectivity index is -0.0000000410. The lowest BCUT2D eigenvalue weighted by Gasteiger charge is -1.98. The summed E-state index contributed by atoms with van der Waals surface area (Å²) in [5, 5.41) is 148. The van der Waals surface area contributed by atoms with Crippen LogP contribution in [-0.4, -0.2) is 175 Å². The first-order chi connectivity index (χ1) is 23.1. The zero-order valence-electron chi connectivity index (χ0n) is 26.0. The zero-order valence-corrected chi connectivity index (χ0v) is 26.0. The van der Waals surface area contributed by atoms with Crippen LogP contribution in [0.15, 0.2) is 0 Å². The van der Waals surface area contributed by atoms with Crippen molar-refractivity contribution < 1.29 is 160 Å². The number of rotatable bonds is 8. The molecule has 21 N–H and O–H groups in total. The molecule has 32 nitrogen and oxygen atoms in total. The number of unbranched alkanes of at least 4 members (excludes halogenated alkanes) is 6. The van der Waals surface area contributed by atoms with E-state index in [1.54, 1.807) is 0 Å². The molecule has 0 spiro atoms. The second-order valence-corrected chi connectivity index (χ2v) is 6.09. The van der Waals surface area contributed by atoms with Gasteiger partial charge in [0.1, 0.15) is 0 Å². The molecule has 0 aromatic rings. The summed E-state index contributed by atoms with van der Waals surface area (Å²) in [5.41, 5.74) is 0. The van der Waals surface area contributed by atoms with Gasteiger partial charge in [0.2, 0.25) is 0 Å². The Bertz CT molecular complexity index is 686. The first kappa shape index (κ1) is 74.8. The van der Waals surface area contributed by atoms with Gasteiger partial charge in [-0.05, 0) is 6.42 Å². The average molecular weight is 793 g/mol. The van der Waals surface area contributed by atoms with Gasteiger partial charge in [0.15, 0.2) is 0 Å². The van der Waals surface area contributed by atoms with Crippen molar-refractivity contribution in [3.8, 4) is 0 Å². The van der Waals surface area contributed by atoms with E-state index >= 15 is 0 Å². The predicted molar refractivity (Wildman–Crippen MR) is 157 cm³/mol. The van der Waals surface area contributed by atoms with Gasteiger partial charge in [-0.2, -0.15) is 0 Å². The Labute approximate surface area is 286 Å². The van der Waals surface area contributed by atoms with E-state index in [0.717, 1.165) is 12.8 Å². The predicted octanol–water partition coefficient (Wildman–Crippen LogP) is 5.44. The number of carbonyl (C=O) groups is 11. The van der Waals surface area contributed by atoms with Gasteiger partial charge in [-0.1, -0.05) is 45.4 Å². The average Bonchev–Trinajstić information content (AvgIpc) is 2.80. The normalized spacial score (nSPS) is 6.94. The minimum absolute atomic E-state index is 0.341. The first-order valence-corrected chi connectivity index (χ1v) is 11.5. The fraction of sp³-hybridized carbons (Fsp3) is 0.450. The molecular weight excluding hydrogens is 752 g/mol. The molecule has 0 bridgehead atoms. The lowest BCUT2D eigenvalue weighted by Crippen LogP contribution is -1.93. The van der Waals surface area contributed by atoms with E-state index in [0.29, 0.717) is 6.42 Å². The van der Waals surface area contributed by atoms with E-state index in [-0.39, 0.29) is 0 Å². The highest BCUT2D eigenvalue weighted by atomic mass is 16.6. The van der Waals surface area contributed by atoms with Crippen molar-refractivity contribution in [2.75, 3.05) is 0 Å². The molecule has 312 valence electrons. The number of carboxylic acids is 1. The van der Waals surface area contributed by atoms with Crippen molar-refractivity contribution in [1.82, 2.24) is 0 Å². The van der Waals surface area contributed by atoms with Gasteiger partial charge < -0.3 is 107 Å². The third-order valence-corrected chi connectivity index (χ3v) is 1.99. The molecule has 0 radical (unpaired) electrons. The van der Waals surface area contributed by atoms with Crippen molar-refractivity contribution in [2.45, 2.75) is 58.3 Å². The molecule has 0 heterocycles. The van der Waals surface area contributed by atoms with Crippen LogP contribution in [0.25, 0.3) is 0 Å². The van der Waals surface area contributed by atoms with Gasteiger partial charge in [0, 0.05) is 6.42 Å². The van der Waals surface area contributed by atoms with Crippen LogP contribution in [0.4, 0.5) is 47.9 Å². The highest BCUT2D eigenvalue weighted by molar-refractivity contribution is 5.66. The van der Waals surface area contributed by atoms with Crippen LogP contribution in [0, 0.1) is 0 Å². The summed E-state index contributed by atoms with van der Waals surface area (Å²) in [6.07, 6.45) is -9.69. The van der Waals surface area contributed by atoms with Gasteiger partial charge in [0.25, 0.3) is 0 Å².